The van der Waals surface area contributed by atoms with Gasteiger partial charge in [0.25, 0.3) is 0 Å². The fraction of sp³-hybridized carbons (Fsp3) is 0.500. The molecule has 0 bridgehead atoms. The molecule has 0 aromatic heterocycles. The van der Waals surface area contributed by atoms with Crippen molar-refractivity contribution in [3.63, 3.8) is 0 Å². The predicted molar refractivity (Wildman–Crippen MR) is 44.1 cm³/mol. The van der Waals surface area contributed by atoms with E-state index in [4.69, 9.17) is 0 Å². The topological polar surface area (TPSA) is 24.7 Å². The smallest absolute Gasteiger partial charge is 0.0935 e. The Morgan fingerprint density at radius 2 is 2.50 bits per heavy atom. The lowest BCUT2D eigenvalue weighted by atomic mass is 10.9. The molecule has 0 heterocycles. The summed E-state index contributed by atoms with van der Waals surface area (Å²) in [4.78, 5) is 0. The molecule has 0 atom stereocenters. The summed E-state index contributed by atoms with van der Waals surface area (Å²) < 4.78 is 0. The van der Waals surface area contributed by atoms with E-state index in [2.05, 4.69) is 29.5 Å². The molecule has 0 radical (unpaired) electrons. The van der Waals surface area contributed by atoms with Crippen LogP contribution in [0.3, 0.4) is 0 Å². The molecule has 0 aliphatic heterocycles. The third kappa shape index (κ3) is 4.21. The summed E-state index contributed by atoms with van der Waals surface area (Å²) in [7, 11) is 0. The molecule has 0 fully saturated rings. The second kappa shape index (κ2) is 5.18. The highest BCUT2D eigenvalue weighted by Crippen LogP contribution is 2.04. The Kier molecular flexibility index (Phi) is 5.21. The maximum Gasteiger partial charge on any atom is 0.0935 e. The van der Waals surface area contributed by atoms with Crippen molar-refractivity contribution >= 4 is 36.2 Å². The number of thiol groups is 1. The fourth-order valence-electron chi connectivity index (χ4n) is 0.222. The van der Waals surface area contributed by atoms with Gasteiger partial charge in [0.1, 0.15) is 0 Å². The highest BCUT2D eigenvalue weighted by molar-refractivity contribution is 8.20. The maximum atomic E-state index is 3.97. The van der Waals surface area contributed by atoms with Gasteiger partial charge in [-0.3, -0.25) is 0 Å². The first-order chi connectivity index (χ1) is 3.81. The third-order valence-electron chi connectivity index (χ3n) is 0.485. The predicted octanol–water partition coefficient (Wildman–Crippen LogP) is 1.64. The average molecular weight is 148 g/mol. The van der Waals surface area contributed by atoms with Gasteiger partial charge in [0, 0.05) is 11.8 Å². The van der Waals surface area contributed by atoms with Crippen LogP contribution in [0.4, 0.5) is 0 Å². The van der Waals surface area contributed by atoms with Crippen LogP contribution in [0.15, 0.2) is 10.2 Å². The fourth-order valence-corrected chi connectivity index (χ4v) is 1.08. The molecular weight excluding hydrogens is 140 g/mol. The molecule has 46 valence electrons. The standard InChI is InChI=1S/C4H8N2S2/c1-4(6-5-2)8-3-7/h7H,2-3H2,1H3/b6-4-. The van der Waals surface area contributed by atoms with Crippen LogP contribution < -0.4 is 0 Å². The SMILES string of the molecule is C=N/N=C(/C)SCS. The first-order valence-corrected chi connectivity index (χ1v) is 3.67. The van der Waals surface area contributed by atoms with Crippen molar-refractivity contribution in [1.82, 2.24) is 0 Å². The van der Waals surface area contributed by atoms with E-state index in [9.17, 15) is 0 Å². The van der Waals surface area contributed by atoms with Gasteiger partial charge in [-0.2, -0.15) is 17.7 Å². The quantitative estimate of drug-likeness (QED) is 0.208. The lowest BCUT2D eigenvalue weighted by Crippen LogP contribution is -1.79. The van der Waals surface area contributed by atoms with Crippen molar-refractivity contribution in [2.75, 3.05) is 5.08 Å². The Hall–Kier alpha value is 0.0400. The lowest BCUT2D eigenvalue weighted by molar-refractivity contribution is 1.27. The zero-order valence-electron chi connectivity index (χ0n) is 4.66. The van der Waals surface area contributed by atoms with Gasteiger partial charge < -0.3 is 0 Å². The molecule has 0 saturated carbocycles. The highest BCUT2D eigenvalue weighted by Gasteiger charge is 1.84. The molecule has 0 aromatic carbocycles. The van der Waals surface area contributed by atoms with Gasteiger partial charge in [-0.15, -0.1) is 5.10 Å². The Balaban J connectivity index is 3.44. The van der Waals surface area contributed by atoms with Crippen molar-refractivity contribution < 1.29 is 0 Å². The van der Waals surface area contributed by atoms with Crippen molar-refractivity contribution in [2.45, 2.75) is 6.92 Å². The van der Waals surface area contributed by atoms with Gasteiger partial charge in [0.05, 0.1) is 5.04 Å². The molecule has 0 rings (SSSR count). The zero-order chi connectivity index (χ0) is 6.41. The van der Waals surface area contributed by atoms with E-state index in [1.165, 1.54) is 11.8 Å². The second-order valence-corrected chi connectivity index (χ2v) is 2.95. The van der Waals surface area contributed by atoms with Gasteiger partial charge in [-0.25, -0.2) is 0 Å². The average Bonchev–Trinajstić information content (AvgIpc) is 1.68. The summed E-state index contributed by atoms with van der Waals surface area (Å²) in [6, 6.07) is 0. The summed E-state index contributed by atoms with van der Waals surface area (Å²) in [6.45, 7) is 5.08. The van der Waals surface area contributed by atoms with Crippen molar-refractivity contribution in [3.05, 3.63) is 0 Å². The van der Waals surface area contributed by atoms with Gasteiger partial charge in [-0.1, -0.05) is 11.8 Å². The summed E-state index contributed by atoms with van der Waals surface area (Å²) in [5, 5.41) is 8.64. The molecule has 0 unspecified atom stereocenters. The van der Waals surface area contributed by atoms with Crippen LogP contribution in [0.1, 0.15) is 6.92 Å². The highest BCUT2D eigenvalue weighted by atomic mass is 32.2. The summed E-state index contributed by atoms with van der Waals surface area (Å²) in [6.07, 6.45) is 0. The molecule has 0 spiro atoms. The monoisotopic (exact) mass is 148 g/mol. The van der Waals surface area contributed by atoms with E-state index in [0.29, 0.717) is 0 Å². The van der Waals surface area contributed by atoms with Crippen LogP contribution in [0.2, 0.25) is 0 Å². The Bertz CT molecular complexity index is 100. The largest absolute Gasteiger partial charge is 0.168 e. The van der Waals surface area contributed by atoms with Crippen LogP contribution in [-0.2, 0) is 0 Å². The van der Waals surface area contributed by atoms with Gasteiger partial charge in [0.15, 0.2) is 0 Å². The summed E-state index contributed by atoms with van der Waals surface area (Å²) in [5.41, 5.74) is 0. The zero-order valence-corrected chi connectivity index (χ0v) is 6.38. The van der Waals surface area contributed by atoms with Crippen LogP contribution in [0, 0.1) is 0 Å². The molecule has 0 aliphatic carbocycles. The minimum atomic E-state index is 0.741. The van der Waals surface area contributed by atoms with Crippen molar-refractivity contribution in [3.8, 4) is 0 Å². The van der Waals surface area contributed by atoms with Crippen LogP contribution in [0.25, 0.3) is 0 Å². The Labute approximate surface area is 58.9 Å². The number of rotatable bonds is 2. The van der Waals surface area contributed by atoms with E-state index in [1.54, 1.807) is 0 Å². The van der Waals surface area contributed by atoms with Gasteiger partial charge >= 0.3 is 0 Å². The molecule has 2 nitrogen and oxygen atoms in total. The van der Waals surface area contributed by atoms with E-state index in [-0.39, 0.29) is 0 Å². The Morgan fingerprint density at radius 1 is 1.88 bits per heavy atom. The van der Waals surface area contributed by atoms with E-state index >= 15 is 0 Å². The molecule has 8 heavy (non-hydrogen) atoms. The summed E-state index contributed by atoms with van der Waals surface area (Å²) in [5.74, 6) is 0. The van der Waals surface area contributed by atoms with Gasteiger partial charge in [0.2, 0.25) is 0 Å². The third-order valence-corrected chi connectivity index (χ3v) is 1.50. The summed E-state index contributed by atoms with van der Waals surface area (Å²) >= 11 is 5.51. The number of thioether (sulfide) groups is 1. The number of nitrogens with zero attached hydrogens (tertiary/aromatic N) is 2. The van der Waals surface area contributed by atoms with Crippen LogP contribution in [0.5, 0.6) is 0 Å². The maximum absolute atomic E-state index is 3.97. The molecule has 0 amide bonds. The molecule has 0 aliphatic rings. The van der Waals surface area contributed by atoms with Crippen LogP contribution in [-0.4, -0.2) is 16.8 Å². The first-order valence-electron chi connectivity index (χ1n) is 2.05. The second-order valence-electron chi connectivity index (χ2n) is 1.03. The van der Waals surface area contributed by atoms with Crippen LogP contribution >= 0.6 is 24.4 Å². The molecule has 4 heteroatoms. The first kappa shape index (κ1) is 8.04. The minimum absolute atomic E-state index is 0.741. The van der Waals surface area contributed by atoms with E-state index in [0.717, 1.165) is 10.1 Å². The number of hydrogen-bond donors (Lipinski definition) is 1. The molecule has 0 saturated heterocycles. The molecule has 0 N–H and O–H groups in total. The lowest BCUT2D eigenvalue weighted by Gasteiger charge is -1.88. The van der Waals surface area contributed by atoms with Crippen molar-refractivity contribution in [1.29, 1.82) is 0 Å². The minimum Gasteiger partial charge on any atom is -0.168 e. The van der Waals surface area contributed by atoms with Gasteiger partial charge in [-0.05, 0) is 6.92 Å². The van der Waals surface area contributed by atoms with E-state index in [1.807, 2.05) is 6.92 Å². The normalized spacial score (nSPS) is 11.5. The van der Waals surface area contributed by atoms with E-state index < -0.39 is 0 Å². The molecule has 0 aromatic rings. The number of hydrogen-bond acceptors (Lipinski definition) is 4. The Morgan fingerprint density at radius 3 is 2.88 bits per heavy atom. The van der Waals surface area contributed by atoms with Crippen molar-refractivity contribution in [2.24, 2.45) is 10.2 Å². The molecular formula is C4H8N2S2.